The molecule has 0 aliphatic rings. The molecule has 144 valence electrons. The number of hydrogen-bond acceptors (Lipinski definition) is 7. The summed E-state index contributed by atoms with van der Waals surface area (Å²) >= 11 is 0. The first-order chi connectivity index (χ1) is 13.3. The zero-order chi connectivity index (χ0) is 20.4. The molecule has 0 aliphatic carbocycles. The van der Waals surface area contributed by atoms with Crippen molar-refractivity contribution in [2.24, 2.45) is 0 Å². The number of benzene rings is 2. The maximum absolute atomic E-state index is 12.6. The third-order valence-electron chi connectivity index (χ3n) is 4.14. The number of nitro benzene ring substituents is 1. The minimum absolute atomic E-state index is 0.0226. The van der Waals surface area contributed by atoms with Crippen LogP contribution in [-0.4, -0.2) is 33.0 Å². The Morgan fingerprint density at radius 2 is 1.96 bits per heavy atom. The minimum atomic E-state index is -1.02. The van der Waals surface area contributed by atoms with Crippen LogP contribution in [0.4, 0.5) is 5.69 Å². The van der Waals surface area contributed by atoms with Crippen LogP contribution in [0.25, 0.3) is 10.8 Å². The molecular formula is C18H15N3O7. The number of nitrogens with one attached hydrogen (secondary N) is 1. The number of methoxy groups -OCH3 is 1. The summed E-state index contributed by atoms with van der Waals surface area (Å²) in [5.74, 6) is -0.858. The highest BCUT2D eigenvalue weighted by Gasteiger charge is 2.22. The van der Waals surface area contributed by atoms with Crippen molar-refractivity contribution in [2.75, 3.05) is 7.11 Å². The van der Waals surface area contributed by atoms with Crippen molar-refractivity contribution in [3.63, 3.8) is 0 Å². The minimum Gasteiger partial charge on any atom is -0.502 e. The fourth-order valence-corrected chi connectivity index (χ4v) is 2.72. The number of carbonyl (C=O) groups is 1. The van der Waals surface area contributed by atoms with E-state index in [1.165, 1.54) is 7.11 Å². The highest BCUT2D eigenvalue weighted by molar-refractivity contribution is 6.07. The van der Waals surface area contributed by atoms with Crippen molar-refractivity contribution in [1.82, 2.24) is 10.0 Å². The molecule has 0 fully saturated rings. The van der Waals surface area contributed by atoms with E-state index in [0.29, 0.717) is 5.75 Å². The predicted octanol–water partition coefficient (Wildman–Crippen LogP) is 1.79. The first kappa shape index (κ1) is 18.7. The highest BCUT2D eigenvalue weighted by atomic mass is 16.6. The first-order valence-electron chi connectivity index (χ1n) is 7.99. The Kier molecular flexibility index (Phi) is 4.86. The Hall–Kier alpha value is -4.08. The second kappa shape index (κ2) is 7.27. The lowest BCUT2D eigenvalue weighted by Gasteiger charge is -2.10. The monoisotopic (exact) mass is 385 g/mol. The number of phenols is 1. The van der Waals surface area contributed by atoms with Crippen molar-refractivity contribution < 1.29 is 24.8 Å². The van der Waals surface area contributed by atoms with Crippen LogP contribution in [0.3, 0.4) is 0 Å². The lowest BCUT2D eigenvalue weighted by molar-refractivity contribution is -0.385. The van der Waals surface area contributed by atoms with Gasteiger partial charge >= 0.3 is 5.69 Å². The number of nitro groups is 1. The zero-order valence-electron chi connectivity index (χ0n) is 14.6. The number of aromatic nitrogens is 1. The van der Waals surface area contributed by atoms with Gasteiger partial charge in [-0.05, 0) is 23.8 Å². The molecule has 3 N–H and O–H groups in total. The Bertz CT molecular complexity index is 1140. The van der Waals surface area contributed by atoms with Gasteiger partial charge in [0.25, 0.3) is 11.5 Å². The van der Waals surface area contributed by atoms with Gasteiger partial charge in [-0.25, -0.2) is 0 Å². The summed E-state index contributed by atoms with van der Waals surface area (Å²) in [5, 5.41) is 33.2. The molecule has 0 spiro atoms. The van der Waals surface area contributed by atoms with Gasteiger partial charge in [-0.2, -0.15) is 4.73 Å². The highest BCUT2D eigenvalue weighted by Crippen LogP contribution is 2.31. The molecular weight excluding hydrogens is 370 g/mol. The van der Waals surface area contributed by atoms with E-state index in [0.717, 1.165) is 23.9 Å². The second-order valence-corrected chi connectivity index (χ2v) is 5.87. The summed E-state index contributed by atoms with van der Waals surface area (Å²) in [7, 11) is 1.52. The number of rotatable bonds is 5. The number of carbonyl (C=O) groups excluding carboxylic acids is 1. The van der Waals surface area contributed by atoms with Gasteiger partial charge in [-0.15, -0.1) is 0 Å². The number of phenolic OH excluding ortho intramolecular Hbond substituents is 1. The summed E-state index contributed by atoms with van der Waals surface area (Å²) in [4.78, 5) is 35.0. The van der Waals surface area contributed by atoms with Gasteiger partial charge in [0.2, 0.25) is 0 Å². The average Bonchev–Trinajstić information content (AvgIpc) is 2.67. The van der Waals surface area contributed by atoms with Crippen LogP contribution < -0.4 is 15.6 Å². The normalized spacial score (nSPS) is 10.6. The Morgan fingerprint density at radius 3 is 2.57 bits per heavy atom. The van der Waals surface area contributed by atoms with Crippen molar-refractivity contribution >= 4 is 22.4 Å². The Labute approximate surface area is 157 Å². The van der Waals surface area contributed by atoms with Crippen LogP contribution in [0.5, 0.6) is 11.5 Å². The van der Waals surface area contributed by atoms with Crippen molar-refractivity contribution in [3.8, 4) is 11.5 Å². The summed E-state index contributed by atoms with van der Waals surface area (Å²) in [6.45, 7) is 0.0864. The van der Waals surface area contributed by atoms with Crippen LogP contribution in [0.1, 0.15) is 15.9 Å². The van der Waals surface area contributed by atoms with Crippen molar-refractivity contribution in [1.29, 1.82) is 0 Å². The van der Waals surface area contributed by atoms with E-state index in [4.69, 9.17) is 4.74 Å². The standard InChI is InChI=1S/C18H15N3O7/c1-28-12-4-2-10(3-5-12)8-19-17(23)16-13-7-15(22)14(21(26)27)6-11(13)9-20(25)18(16)24/h2-7,9,22,25H,8H2,1H3,(H,19,23). The van der Waals surface area contributed by atoms with Gasteiger partial charge in [-0.3, -0.25) is 19.7 Å². The number of nitrogens with zero attached hydrogens (tertiary/aromatic N) is 2. The smallest absolute Gasteiger partial charge is 0.311 e. The first-order valence-corrected chi connectivity index (χ1v) is 7.99. The number of pyridine rings is 1. The fourth-order valence-electron chi connectivity index (χ4n) is 2.72. The van der Waals surface area contributed by atoms with Crippen LogP contribution in [-0.2, 0) is 6.54 Å². The summed E-state index contributed by atoms with van der Waals surface area (Å²) in [6.07, 6.45) is 0.935. The maximum Gasteiger partial charge on any atom is 0.311 e. The number of amides is 1. The second-order valence-electron chi connectivity index (χ2n) is 5.87. The van der Waals surface area contributed by atoms with Crippen LogP contribution in [0.2, 0.25) is 0 Å². The van der Waals surface area contributed by atoms with Gasteiger partial charge < -0.3 is 20.4 Å². The van der Waals surface area contributed by atoms with Crippen molar-refractivity contribution in [3.05, 3.63) is 74.2 Å². The molecule has 3 rings (SSSR count). The number of hydrogen-bond donors (Lipinski definition) is 3. The topological polar surface area (TPSA) is 144 Å². The largest absolute Gasteiger partial charge is 0.502 e. The van der Waals surface area contributed by atoms with Crippen LogP contribution >= 0.6 is 0 Å². The molecule has 2 aromatic carbocycles. The van der Waals surface area contributed by atoms with Gasteiger partial charge in [0.05, 0.1) is 18.2 Å². The molecule has 0 bridgehead atoms. The molecule has 0 aliphatic heterocycles. The van der Waals surface area contributed by atoms with Gasteiger partial charge in [0.1, 0.15) is 11.3 Å². The number of ether oxygens (including phenoxy) is 1. The zero-order valence-corrected chi connectivity index (χ0v) is 14.6. The van der Waals surface area contributed by atoms with Gasteiger partial charge in [0, 0.05) is 23.4 Å². The van der Waals surface area contributed by atoms with E-state index in [1.807, 2.05) is 0 Å². The molecule has 0 atom stereocenters. The summed E-state index contributed by atoms with van der Waals surface area (Å²) < 4.78 is 5.22. The molecule has 3 aromatic rings. The molecule has 1 aromatic heterocycles. The molecule has 0 saturated carbocycles. The van der Waals surface area contributed by atoms with Crippen LogP contribution in [0.15, 0.2) is 47.4 Å². The lowest BCUT2D eigenvalue weighted by atomic mass is 10.1. The molecule has 28 heavy (non-hydrogen) atoms. The Morgan fingerprint density at radius 1 is 1.29 bits per heavy atom. The number of fused-ring (bicyclic) bond motifs is 1. The third-order valence-corrected chi connectivity index (χ3v) is 4.14. The number of aromatic hydroxyl groups is 1. The van der Waals surface area contributed by atoms with Gasteiger partial charge in [-0.1, -0.05) is 12.1 Å². The predicted molar refractivity (Wildman–Crippen MR) is 97.9 cm³/mol. The van der Waals surface area contributed by atoms with E-state index >= 15 is 0 Å². The van der Waals surface area contributed by atoms with E-state index in [9.17, 15) is 30.0 Å². The van der Waals surface area contributed by atoms with E-state index < -0.39 is 33.4 Å². The molecule has 1 heterocycles. The SMILES string of the molecule is COc1ccc(CNC(=O)c2c(=O)n(O)cc3cc([N+](=O)[O-])c(O)cc23)cc1. The van der Waals surface area contributed by atoms with E-state index in [-0.39, 0.29) is 22.0 Å². The molecule has 10 heteroatoms. The molecule has 0 unspecified atom stereocenters. The third kappa shape index (κ3) is 3.43. The summed E-state index contributed by atoms with van der Waals surface area (Å²) in [6, 6.07) is 8.78. The summed E-state index contributed by atoms with van der Waals surface area (Å²) in [5.41, 5.74) is -1.35. The van der Waals surface area contributed by atoms with Crippen molar-refractivity contribution in [2.45, 2.75) is 6.54 Å². The lowest BCUT2D eigenvalue weighted by Crippen LogP contribution is -2.32. The molecule has 0 radical (unpaired) electrons. The average molecular weight is 385 g/mol. The van der Waals surface area contributed by atoms with Crippen LogP contribution in [0, 0.1) is 10.1 Å². The van der Waals surface area contributed by atoms with Gasteiger partial charge in [0.15, 0.2) is 5.75 Å². The molecule has 0 saturated heterocycles. The van der Waals surface area contributed by atoms with E-state index in [2.05, 4.69) is 5.32 Å². The molecule has 1 amide bonds. The fraction of sp³-hybridized carbons (Fsp3) is 0.111. The maximum atomic E-state index is 12.6. The quantitative estimate of drug-likeness (QED) is 0.345. The van der Waals surface area contributed by atoms with E-state index in [1.54, 1.807) is 24.3 Å². The Balaban J connectivity index is 1.99. The molecule has 10 nitrogen and oxygen atoms in total.